The molecule has 18 heavy (non-hydrogen) atoms. The van der Waals surface area contributed by atoms with Gasteiger partial charge >= 0.3 is 5.97 Å². The van der Waals surface area contributed by atoms with E-state index in [1.807, 2.05) is 12.1 Å². The van der Waals surface area contributed by atoms with E-state index in [4.69, 9.17) is 5.11 Å². The van der Waals surface area contributed by atoms with Crippen molar-refractivity contribution < 1.29 is 9.90 Å². The van der Waals surface area contributed by atoms with Crippen LogP contribution in [0.3, 0.4) is 0 Å². The standard InChI is InChI=1S/C15H21NO2/c1-11-5-3-4-6-14(11)12(2)16(10-15(17)18)9-13-7-8-13/h3-6,12-13H,7-10H2,1-2H3,(H,17,18). The fourth-order valence-electron chi connectivity index (χ4n) is 2.42. The number of hydrogen-bond donors (Lipinski definition) is 1. The highest BCUT2D eigenvalue weighted by molar-refractivity contribution is 5.69. The van der Waals surface area contributed by atoms with E-state index in [1.165, 1.54) is 24.0 Å². The van der Waals surface area contributed by atoms with Crippen molar-refractivity contribution in [3.8, 4) is 0 Å². The molecule has 0 heterocycles. The Bertz CT molecular complexity index is 426. The number of rotatable bonds is 6. The molecule has 0 amide bonds. The van der Waals surface area contributed by atoms with Crippen molar-refractivity contribution in [1.29, 1.82) is 0 Å². The Hall–Kier alpha value is -1.35. The fourth-order valence-corrected chi connectivity index (χ4v) is 2.42. The Kier molecular flexibility index (Phi) is 4.02. The van der Waals surface area contributed by atoms with Gasteiger partial charge in [-0.2, -0.15) is 0 Å². The van der Waals surface area contributed by atoms with Crippen molar-refractivity contribution in [2.24, 2.45) is 5.92 Å². The quantitative estimate of drug-likeness (QED) is 0.840. The molecule has 0 saturated heterocycles. The zero-order valence-corrected chi connectivity index (χ0v) is 11.1. The van der Waals surface area contributed by atoms with Crippen LogP contribution in [0.5, 0.6) is 0 Å². The van der Waals surface area contributed by atoms with Crippen LogP contribution in [0.1, 0.15) is 36.9 Å². The topological polar surface area (TPSA) is 40.5 Å². The second kappa shape index (κ2) is 5.53. The molecule has 1 aromatic carbocycles. The maximum atomic E-state index is 11.0. The zero-order chi connectivity index (χ0) is 13.1. The zero-order valence-electron chi connectivity index (χ0n) is 11.1. The van der Waals surface area contributed by atoms with E-state index in [2.05, 4.69) is 30.9 Å². The average Bonchev–Trinajstić information content (AvgIpc) is 3.11. The van der Waals surface area contributed by atoms with Crippen molar-refractivity contribution in [1.82, 2.24) is 4.90 Å². The number of carbonyl (C=O) groups is 1. The van der Waals surface area contributed by atoms with E-state index >= 15 is 0 Å². The van der Waals surface area contributed by atoms with Gasteiger partial charge in [-0.15, -0.1) is 0 Å². The Morgan fingerprint density at radius 1 is 1.44 bits per heavy atom. The van der Waals surface area contributed by atoms with Gasteiger partial charge in [-0.05, 0) is 43.7 Å². The second-order valence-electron chi connectivity index (χ2n) is 5.30. The van der Waals surface area contributed by atoms with Crippen LogP contribution in [0.15, 0.2) is 24.3 Å². The summed E-state index contributed by atoms with van der Waals surface area (Å²) < 4.78 is 0. The summed E-state index contributed by atoms with van der Waals surface area (Å²) in [6.07, 6.45) is 2.49. The summed E-state index contributed by atoms with van der Waals surface area (Å²) in [5, 5.41) is 9.04. The van der Waals surface area contributed by atoms with Gasteiger partial charge < -0.3 is 5.11 Å². The predicted octanol–water partition coefficient (Wildman–Crippen LogP) is 2.85. The van der Waals surface area contributed by atoms with Gasteiger partial charge in [0.05, 0.1) is 6.54 Å². The Balaban J connectivity index is 2.13. The number of aryl methyl sites for hydroxylation is 1. The Morgan fingerprint density at radius 3 is 2.67 bits per heavy atom. The molecule has 2 rings (SSSR count). The molecule has 0 aliphatic heterocycles. The van der Waals surface area contributed by atoms with Crippen molar-refractivity contribution in [3.63, 3.8) is 0 Å². The molecule has 0 spiro atoms. The molecule has 1 aliphatic rings. The normalized spacial score (nSPS) is 16.8. The smallest absolute Gasteiger partial charge is 0.317 e. The van der Waals surface area contributed by atoms with E-state index in [1.54, 1.807) is 0 Å². The predicted molar refractivity (Wildman–Crippen MR) is 71.5 cm³/mol. The fraction of sp³-hybridized carbons (Fsp3) is 0.533. The SMILES string of the molecule is Cc1ccccc1C(C)N(CC(=O)O)CC1CC1. The highest BCUT2D eigenvalue weighted by Gasteiger charge is 2.28. The lowest BCUT2D eigenvalue weighted by atomic mass is 10.0. The van der Waals surface area contributed by atoms with Crippen molar-refractivity contribution >= 4 is 5.97 Å². The molecular formula is C15H21NO2. The van der Waals surface area contributed by atoms with Crippen LogP contribution in [-0.4, -0.2) is 29.1 Å². The van der Waals surface area contributed by atoms with Gasteiger partial charge in [-0.1, -0.05) is 24.3 Å². The third-order valence-corrected chi connectivity index (χ3v) is 3.71. The van der Waals surface area contributed by atoms with E-state index in [0.29, 0.717) is 5.92 Å². The molecule has 1 atom stereocenters. The number of hydrogen-bond acceptors (Lipinski definition) is 2. The molecule has 0 radical (unpaired) electrons. The van der Waals surface area contributed by atoms with E-state index in [9.17, 15) is 4.79 Å². The molecule has 98 valence electrons. The van der Waals surface area contributed by atoms with Crippen molar-refractivity contribution in [2.45, 2.75) is 32.7 Å². The first-order chi connectivity index (χ1) is 8.58. The minimum atomic E-state index is -0.740. The maximum absolute atomic E-state index is 11.0. The minimum Gasteiger partial charge on any atom is -0.480 e. The maximum Gasteiger partial charge on any atom is 0.317 e. The highest BCUT2D eigenvalue weighted by atomic mass is 16.4. The monoisotopic (exact) mass is 247 g/mol. The van der Waals surface area contributed by atoms with Crippen LogP contribution in [0.4, 0.5) is 0 Å². The molecule has 1 N–H and O–H groups in total. The summed E-state index contributed by atoms with van der Waals surface area (Å²) in [5.41, 5.74) is 2.47. The lowest BCUT2D eigenvalue weighted by Crippen LogP contribution is -2.34. The largest absolute Gasteiger partial charge is 0.480 e. The first-order valence-electron chi connectivity index (χ1n) is 6.59. The lowest BCUT2D eigenvalue weighted by molar-refractivity contribution is -0.139. The second-order valence-corrected chi connectivity index (χ2v) is 5.30. The molecule has 1 aliphatic carbocycles. The number of carboxylic acid groups (broad SMARTS) is 1. The average molecular weight is 247 g/mol. The van der Waals surface area contributed by atoms with E-state index < -0.39 is 5.97 Å². The first kappa shape index (κ1) is 13.1. The summed E-state index contributed by atoms with van der Waals surface area (Å²) in [7, 11) is 0. The third-order valence-electron chi connectivity index (χ3n) is 3.71. The number of benzene rings is 1. The molecular weight excluding hydrogens is 226 g/mol. The molecule has 0 bridgehead atoms. The van der Waals surface area contributed by atoms with E-state index in [0.717, 1.165) is 6.54 Å². The van der Waals surface area contributed by atoms with Gasteiger partial charge in [-0.3, -0.25) is 9.69 Å². The molecule has 1 unspecified atom stereocenters. The molecule has 1 aromatic rings. The van der Waals surface area contributed by atoms with Crippen LogP contribution < -0.4 is 0 Å². The van der Waals surface area contributed by atoms with Gasteiger partial charge in [0.2, 0.25) is 0 Å². The molecule has 1 fully saturated rings. The van der Waals surface area contributed by atoms with Crippen LogP contribution in [0.25, 0.3) is 0 Å². The van der Waals surface area contributed by atoms with Crippen molar-refractivity contribution in [3.05, 3.63) is 35.4 Å². The van der Waals surface area contributed by atoms with Gasteiger partial charge in [0.1, 0.15) is 0 Å². The molecule has 1 saturated carbocycles. The van der Waals surface area contributed by atoms with Gasteiger partial charge in [0.25, 0.3) is 0 Å². The minimum absolute atomic E-state index is 0.131. The van der Waals surface area contributed by atoms with Crippen LogP contribution in [-0.2, 0) is 4.79 Å². The van der Waals surface area contributed by atoms with Gasteiger partial charge in [0, 0.05) is 12.6 Å². The number of aliphatic carboxylic acids is 1. The van der Waals surface area contributed by atoms with Crippen LogP contribution in [0.2, 0.25) is 0 Å². The van der Waals surface area contributed by atoms with Gasteiger partial charge in [0.15, 0.2) is 0 Å². The molecule has 3 heteroatoms. The summed E-state index contributed by atoms with van der Waals surface area (Å²) in [4.78, 5) is 13.1. The number of nitrogens with zero attached hydrogens (tertiary/aromatic N) is 1. The van der Waals surface area contributed by atoms with Gasteiger partial charge in [-0.25, -0.2) is 0 Å². The van der Waals surface area contributed by atoms with Crippen molar-refractivity contribution in [2.75, 3.05) is 13.1 Å². The molecule has 0 aromatic heterocycles. The summed E-state index contributed by atoms with van der Waals surface area (Å²) in [6, 6.07) is 8.40. The number of carboxylic acids is 1. The third kappa shape index (κ3) is 3.33. The van der Waals surface area contributed by atoms with Crippen LogP contribution >= 0.6 is 0 Å². The molecule has 3 nitrogen and oxygen atoms in total. The Labute approximate surface area is 108 Å². The Morgan fingerprint density at radius 2 is 2.11 bits per heavy atom. The summed E-state index contributed by atoms with van der Waals surface area (Å²) in [6.45, 7) is 5.23. The van der Waals surface area contributed by atoms with E-state index in [-0.39, 0.29) is 12.6 Å². The summed E-state index contributed by atoms with van der Waals surface area (Å²) in [5.74, 6) is -0.0353. The summed E-state index contributed by atoms with van der Waals surface area (Å²) >= 11 is 0. The van der Waals surface area contributed by atoms with Crippen LogP contribution in [0, 0.1) is 12.8 Å². The lowest BCUT2D eigenvalue weighted by Gasteiger charge is -2.29. The highest BCUT2D eigenvalue weighted by Crippen LogP contribution is 2.33. The first-order valence-corrected chi connectivity index (χ1v) is 6.59.